The summed E-state index contributed by atoms with van der Waals surface area (Å²) in [5.74, 6) is 1.65. The number of anilines is 2. The van der Waals surface area contributed by atoms with Gasteiger partial charge in [0.05, 0.1) is 5.56 Å². The van der Waals surface area contributed by atoms with Gasteiger partial charge >= 0.3 is 0 Å². The molecule has 0 radical (unpaired) electrons. The van der Waals surface area contributed by atoms with Gasteiger partial charge in [-0.05, 0) is 49.8 Å². The van der Waals surface area contributed by atoms with Crippen LogP contribution in [0.1, 0.15) is 43.2 Å². The van der Waals surface area contributed by atoms with Crippen LogP contribution in [0.25, 0.3) is 17.0 Å². The highest BCUT2D eigenvalue weighted by molar-refractivity contribution is 5.73. The van der Waals surface area contributed by atoms with Crippen molar-refractivity contribution < 1.29 is 4.74 Å². The predicted molar refractivity (Wildman–Crippen MR) is 126 cm³/mol. The third-order valence-corrected chi connectivity index (χ3v) is 5.49. The SMILES string of the molecule is C=C(CCNc1cc(OC2CCCC2)nc(-c2cncc(C#N)c2)n1)c1ccccc1N. The van der Waals surface area contributed by atoms with Crippen molar-refractivity contribution in [2.75, 3.05) is 17.6 Å². The van der Waals surface area contributed by atoms with Crippen molar-refractivity contribution in [1.82, 2.24) is 15.0 Å². The van der Waals surface area contributed by atoms with Gasteiger partial charge in [-0.15, -0.1) is 0 Å². The van der Waals surface area contributed by atoms with Crippen LogP contribution in [0.3, 0.4) is 0 Å². The Morgan fingerprint density at radius 3 is 2.78 bits per heavy atom. The van der Waals surface area contributed by atoms with E-state index in [-0.39, 0.29) is 6.10 Å². The Bertz CT molecular complexity index is 1150. The highest BCUT2D eigenvalue weighted by Crippen LogP contribution is 2.27. The average Bonchev–Trinajstić information content (AvgIpc) is 3.32. The molecule has 0 saturated heterocycles. The van der Waals surface area contributed by atoms with Gasteiger partial charge in [-0.3, -0.25) is 4.98 Å². The lowest BCUT2D eigenvalue weighted by atomic mass is 10.0. The minimum atomic E-state index is 0.176. The molecular weight excluding hydrogens is 400 g/mol. The van der Waals surface area contributed by atoms with Crippen LogP contribution in [0, 0.1) is 11.3 Å². The van der Waals surface area contributed by atoms with Crippen LogP contribution >= 0.6 is 0 Å². The van der Waals surface area contributed by atoms with Crippen molar-refractivity contribution in [3.8, 4) is 23.3 Å². The van der Waals surface area contributed by atoms with E-state index >= 15 is 0 Å². The minimum absolute atomic E-state index is 0.176. The molecule has 0 aliphatic heterocycles. The third kappa shape index (κ3) is 5.22. The first-order chi connectivity index (χ1) is 15.6. The van der Waals surface area contributed by atoms with Crippen molar-refractivity contribution in [2.45, 2.75) is 38.2 Å². The summed E-state index contributed by atoms with van der Waals surface area (Å²) in [6.45, 7) is 4.80. The highest BCUT2D eigenvalue weighted by atomic mass is 16.5. The lowest BCUT2D eigenvalue weighted by Crippen LogP contribution is -2.13. The number of ether oxygens (including phenoxy) is 1. The van der Waals surface area contributed by atoms with Crippen molar-refractivity contribution in [2.24, 2.45) is 0 Å². The van der Waals surface area contributed by atoms with Crippen LogP contribution < -0.4 is 15.8 Å². The van der Waals surface area contributed by atoms with Gasteiger partial charge in [0, 0.05) is 41.8 Å². The van der Waals surface area contributed by atoms with E-state index in [1.54, 1.807) is 12.3 Å². The molecule has 1 aromatic carbocycles. The highest BCUT2D eigenvalue weighted by Gasteiger charge is 2.18. The molecule has 4 rings (SSSR count). The van der Waals surface area contributed by atoms with Gasteiger partial charge in [0.2, 0.25) is 5.88 Å². The van der Waals surface area contributed by atoms with E-state index in [9.17, 15) is 5.26 Å². The molecule has 1 fully saturated rings. The number of para-hydroxylation sites is 1. The fourth-order valence-electron chi connectivity index (χ4n) is 3.80. The van der Waals surface area contributed by atoms with Crippen LogP contribution in [-0.4, -0.2) is 27.6 Å². The summed E-state index contributed by atoms with van der Waals surface area (Å²) in [5.41, 5.74) is 9.83. The third-order valence-electron chi connectivity index (χ3n) is 5.49. The Morgan fingerprint density at radius 2 is 2.00 bits per heavy atom. The molecule has 1 saturated carbocycles. The maximum Gasteiger partial charge on any atom is 0.219 e. The van der Waals surface area contributed by atoms with Gasteiger partial charge in [0.15, 0.2) is 5.82 Å². The number of rotatable bonds is 8. The fraction of sp³-hybridized carbons (Fsp3) is 0.280. The molecule has 2 aromatic heterocycles. The first kappa shape index (κ1) is 21.3. The van der Waals surface area contributed by atoms with Crippen molar-refractivity contribution in [1.29, 1.82) is 5.26 Å². The first-order valence-electron chi connectivity index (χ1n) is 10.8. The summed E-state index contributed by atoms with van der Waals surface area (Å²) in [7, 11) is 0. The van der Waals surface area contributed by atoms with Gasteiger partial charge in [-0.1, -0.05) is 24.8 Å². The number of hydrogen-bond acceptors (Lipinski definition) is 7. The largest absolute Gasteiger partial charge is 0.474 e. The molecule has 0 amide bonds. The molecular formula is C25H26N6O. The average molecular weight is 427 g/mol. The molecule has 1 aliphatic carbocycles. The monoisotopic (exact) mass is 426 g/mol. The summed E-state index contributed by atoms with van der Waals surface area (Å²) in [6.07, 6.45) is 8.46. The molecule has 3 aromatic rings. The molecule has 162 valence electrons. The van der Waals surface area contributed by atoms with Crippen LogP contribution in [0.2, 0.25) is 0 Å². The second-order valence-corrected chi connectivity index (χ2v) is 7.88. The summed E-state index contributed by atoms with van der Waals surface area (Å²) >= 11 is 0. The van der Waals surface area contributed by atoms with E-state index in [0.29, 0.717) is 41.6 Å². The van der Waals surface area contributed by atoms with Gasteiger partial charge in [0.1, 0.15) is 18.0 Å². The van der Waals surface area contributed by atoms with Crippen LogP contribution in [0.5, 0.6) is 5.88 Å². The van der Waals surface area contributed by atoms with E-state index in [0.717, 1.165) is 29.7 Å². The van der Waals surface area contributed by atoms with Gasteiger partial charge in [0.25, 0.3) is 0 Å². The standard InChI is InChI=1S/C25H26N6O/c1-17(21-8-4-5-9-22(21)27)10-11-29-23-13-24(32-20-6-2-3-7-20)31-25(30-23)19-12-18(14-26)15-28-16-19/h4-5,8-9,12-13,15-16,20H,1-3,6-7,10-11,27H2,(H,29,30,31). The lowest BCUT2D eigenvalue weighted by Gasteiger charge is -2.15. The summed E-state index contributed by atoms with van der Waals surface area (Å²) in [5, 5.41) is 12.6. The van der Waals surface area contributed by atoms with Crippen molar-refractivity contribution in [3.05, 3.63) is 66.5 Å². The molecule has 7 nitrogen and oxygen atoms in total. The molecule has 32 heavy (non-hydrogen) atoms. The Kier molecular flexibility index (Phi) is 6.61. The van der Waals surface area contributed by atoms with Crippen molar-refractivity contribution >= 4 is 17.1 Å². The van der Waals surface area contributed by atoms with Crippen LogP contribution in [0.15, 0.2) is 55.4 Å². The maximum atomic E-state index is 9.20. The number of nitrogens with one attached hydrogen (secondary N) is 1. The van der Waals surface area contributed by atoms with Crippen molar-refractivity contribution in [3.63, 3.8) is 0 Å². The summed E-state index contributed by atoms with van der Waals surface area (Å²) < 4.78 is 6.14. The topological polar surface area (TPSA) is 110 Å². The number of benzene rings is 1. The smallest absolute Gasteiger partial charge is 0.219 e. The Labute approximate surface area is 188 Å². The second-order valence-electron chi connectivity index (χ2n) is 7.88. The molecule has 0 spiro atoms. The quantitative estimate of drug-likeness (QED) is 0.496. The molecule has 0 atom stereocenters. The second kappa shape index (κ2) is 9.92. The number of aromatic nitrogens is 3. The van der Waals surface area contributed by atoms with Gasteiger partial charge in [-0.2, -0.15) is 10.2 Å². The van der Waals surface area contributed by atoms with Gasteiger partial charge < -0.3 is 15.8 Å². The zero-order valence-corrected chi connectivity index (χ0v) is 17.9. The zero-order valence-electron chi connectivity index (χ0n) is 17.9. The lowest BCUT2D eigenvalue weighted by molar-refractivity contribution is 0.201. The summed E-state index contributed by atoms with van der Waals surface area (Å²) in [4.78, 5) is 13.4. The molecule has 0 unspecified atom stereocenters. The number of nitrogens with zero attached hydrogens (tertiary/aromatic N) is 4. The van der Waals surface area contributed by atoms with E-state index in [4.69, 9.17) is 10.5 Å². The van der Waals surface area contributed by atoms with Gasteiger partial charge in [-0.25, -0.2) is 4.98 Å². The maximum absolute atomic E-state index is 9.20. The Morgan fingerprint density at radius 1 is 1.19 bits per heavy atom. The van der Waals surface area contributed by atoms with E-state index in [2.05, 4.69) is 32.9 Å². The number of nitriles is 1. The summed E-state index contributed by atoms with van der Waals surface area (Å²) in [6, 6.07) is 13.4. The first-order valence-corrected chi connectivity index (χ1v) is 10.8. The number of pyridine rings is 1. The zero-order chi connectivity index (χ0) is 22.3. The van der Waals surface area contributed by atoms with E-state index in [1.807, 2.05) is 30.3 Å². The molecule has 3 N–H and O–H groups in total. The fourth-order valence-corrected chi connectivity index (χ4v) is 3.80. The Hall–Kier alpha value is -3.92. The molecule has 2 heterocycles. The predicted octanol–water partition coefficient (Wildman–Crippen LogP) is 4.83. The molecule has 7 heteroatoms. The van der Waals surface area contributed by atoms with E-state index < -0.39 is 0 Å². The molecule has 1 aliphatic rings. The Balaban J connectivity index is 1.52. The van der Waals surface area contributed by atoms with E-state index in [1.165, 1.54) is 19.0 Å². The van der Waals surface area contributed by atoms with Crippen LogP contribution in [-0.2, 0) is 0 Å². The number of nitrogen functional groups attached to an aromatic ring is 1. The molecule has 0 bridgehead atoms. The normalized spacial score (nSPS) is 13.5. The van der Waals surface area contributed by atoms with Crippen LogP contribution in [0.4, 0.5) is 11.5 Å². The number of hydrogen-bond donors (Lipinski definition) is 2. The minimum Gasteiger partial charge on any atom is -0.474 e. The number of nitrogens with two attached hydrogens (primary N) is 1.